The van der Waals surface area contributed by atoms with Gasteiger partial charge in [0.15, 0.2) is 0 Å². The maximum Gasteiger partial charge on any atom is 0.0708 e. The van der Waals surface area contributed by atoms with Gasteiger partial charge in [-0.05, 0) is 24.2 Å². The van der Waals surface area contributed by atoms with Crippen LogP contribution in [0.3, 0.4) is 0 Å². The van der Waals surface area contributed by atoms with Crippen molar-refractivity contribution in [3.63, 3.8) is 0 Å². The van der Waals surface area contributed by atoms with Crippen LogP contribution in [0.5, 0.6) is 0 Å². The lowest BCUT2D eigenvalue weighted by Crippen LogP contribution is -2.16. The molecule has 0 bridgehead atoms. The molecule has 1 aromatic heterocycles. The summed E-state index contributed by atoms with van der Waals surface area (Å²) in [5.41, 5.74) is 4.50. The Morgan fingerprint density at radius 3 is 2.94 bits per heavy atom. The Morgan fingerprint density at radius 1 is 1.50 bits per heavy atom. The first-order chi connectivity index (χ1) is 9.89. The number of rotatable bonds is 0. The molecule has 2 rings (SSSR count). The largest absolute Gasteiger partial charge is 0.397 e. The van der Waals surface area contributed by atoms with Gasteiger partial charge in [-0.3, -0.25) is 4.98 Å². The molecular weight excluding hydrogens is 220 g/mol. The number of hydrogen-bond acceptors (Lipinski definition) is 2. The van der Waals surface area contributed by atoms with E-state index in [0.29, 0.717) is 0 Å². The van der Waals surface area contributed by atoms with Crippen LogP contribution < -0.4 is 5.73 Å². The molecule has 0 aliphatic heterocycles. The highest BCUT2D eigenvalue weighted by atomic mass is 35.5. The van der Waals surface area contributed by atoms with E-state index < -0.39 is 12.3 Å². The third kappa shape index (κ3) is 1.98. The fraction of sp³-hybridized carbons (Fsp3) is 0.308. The van der Waals surface area contributed by atoms with Gasteiger partial charge in [-0.2, -0.15) is 0 Å². The Balaban J connectivity index is 2.96. The van der Waals surface area contributed by atoms with E-state index in [1.165, 1.54) is 19.9 Å². The molecule has 0 unspecified atom stereocenters. The molecule has 2 nitrogen and oxygen atoms in total. The van der Waals surface area contributed by atoms with Crippen LogP contribution in [0.2, 0.25) is 5.02 Å². The molecule has 0 fully saturated rings. The number of fused-ring (bicyclic) bond motifs is 1. The predicted octanol–water partition coefficient (Wildman–Crippen LogP) is 3.77. The van der Waals surface area contributed by atoms with E-state index in [1.807, 2.05) is 0 Å². The van der Waals surface area contributed by atoms with Crippen molar-refractivity contribution in [3.8, 4) is 0 Å². The molecule has 0 atom stereocenters. The number of anilines is 1. The second kappa shape index (κ2) is 3.63. The van der Waals surface area contributed by atoms with Crippen LogP contribution in [-0.2, 0) is 5.41 Å². The number of aromatic nitrogens is 1. The maximum absolute atomic E-state index is 8.14. The first-order valence-electron chi connectivity index (χ1n) is 7.75. The lowest BCUT2D eigenvalue weighted by molar-refractivity contribution is 0.574. The smallest absolute Gasteiger partial charge is 0.0708 e. The summed E-state index contributed by atoms with van der Waals surface area (Å²) < 4.78 is 46.9. The predicted molar refractivity (Wildman–Crippen MR) is 69.9 cm³/mol. The van der Waals surface area contributed by atoms with Crippen LogP contribution >= 0.6 is 11.6 Å². The second-order valence-corrected chi connectivity index (χ2v) is 4.52. The van der Waals surface area contributed by atoms with E-state index in [9.17, 15) is 0 Å². The average Bonchev–Trinajstić information content (AvgIpc) is 2.37. The van der Waals surface area contributed by atoms with Crippen molar-refractivity contribution < 1.29 is 8.22 Å². The Bertz CT molecular complexity index is 770. The summed E-state index contributed by atoms with van der Waals surface area (Å²) in [5, 5.41) is 0.0788. The minimum atomic E-state index is -2.38. The summed E-state index contributed by atoms with van der Waals surface area (Å²) in [6.07, 6.45) is 0. The van der Waals surface area contributed by atoms with Crippen molar-refractivity contribution in [1.29, 1.82) is 0 Å². The molecular formula is C13H15ClN2. The Kier molecular flexibility index (Phi) is 1.33. The molecule has 0 radical (unpaired) electrons. The normalized spacial score (nSPS) is 18.2. The summed E-state index contributed by atoms with van der Waals surface area (Å²) in [6.45, 7) is 0.545. The lowest BCUT2D eigenvalue weighted by atomic mass is 9.90. The quantitative estimate of drug-likeness (QED) is 0.762. The average molecular weight is 241 g/mol. The van der Waals surface area contributed by atoms with Crippen molar-refractivity contribution in [2.75, 3.05) is 5.73 Å². The summed E-state index contributed by atoms with van der Waals surface area (Å²) in [4.78, 5) is 4.20. The molecule has 0 amide bonds. The van der Waals surface area contributed by atoms with Gasteiger partial charge < -0.3 is 5.73 Å². The number of hydrogen-bond donors (Lipinski definition) is 1. The van der Waals surface area contributed by atoms with E-state index in [2.05, 4.69) is 4.98 Å². The fourth-order valence-electron chi connectivity index (χ4n) is 1.44. The van der Waals surface area contributed by atoms with E-state index in [0.717, 1.165) is 0 Å². The summed E-state index contributed by atoms with van der Waals surface area (Å²) in [5.74, 6) is 0. The Labute approximate surface area is 109 Å². The monoisotopic (exact) mass is 240 g/mol. The minimum Gasteiger partial charge on any atom is -0.397 e. The zero-order valence-corrected chi connectivity index (χ0v) is 9.74. The molecule has 3 heteroatoms. The number of nitrogen functional groups attached to an aromatic ring is 1. The minimum absolute atomic E-state index is 0.0232. The Morgan fingerprint density at radius 2 is 2.25 bits per heavy atom. The van der Waals surface area contributed by atoms with Gasteiger partial charge in [0.05, 0.1) is 21.0 Å². The number of pyridine rings is 1. The maximum atomic E-state index is 8.14. The van der Waals surface area contributed by atoms with Gasteiger partial charge in [-0.25, -0.2) is 0 Å². The molecule has 1 heterocycles. The van der Waals surface area contributed by atoms with Gasteiger partial charge in [0.2, 0.25) is 0 Å². The zero-order valence-electron chi connectivity index (χ0n) is 15.0. The van der Waals surface area contributed by atoms with Crippen molar-refractivity contribution in [1.82, 2.24) is 4.98 Å². The van der Waals surface area contributed by atoms with Gasteiger partial charge >= 0.3 is 0 Å². The molecule has 0 aliphatic rings. The first kappa shape index (κ1) is 5.87. The molecule has 0 aliphatic carbocycles. The van der Waals surface area contributed by atoms with E-state index in [1.54, 1.807) is 0 Å². The van der Waals surface area contributed by atoms with Gasteiger partial charge in [0, 0.05) is 19.9 Å². The topological polar surface area (TPSA) is 38.9 Å². The highest BCUT2D eigenvalue weighted by Gasteiger charge is 2.19. The van der Waals surface area contributed by atoms with E-state index in [4.69, 9.17) is 25.6 Å². The second-order valence-electron chi connectivity index (χ2n) is 4.11. The fourth-order valence-corrected chi connectivity index (χ4v) is 1.59. The SMILES string of the molecule is [2H]c1cc(Cl)c([2H])c2c([2H])c(N)c(C(C)(C)C([2H])([2H])[2H])nc12. The third-order valence-corrected chi connectivity index (χ3v) is 2.35. The van der Waals surface area contributed by atoms with Gasteiger partial charge in [0.1, 0.15) is 0 Å². The highest BCUT2D eigenvalue weighted by Crippen LogP contribution is 2.29. The number of halogens is 1. The van der Waals surface area contributed by atoms with E-state index >= 15 is 0 Å². The van der Waals surface area contributed by atoms with Crippen molar-refractivity contribution >= 4 is 28.2 Å². The van der Waals surface area contributed by atoms with Crippen molar-refractivity contribution in [2.45, 2.75) is 26.1 Å². The molecule has 2 N–H and O–H groups in total. The van der Waals surface area contributed by atoms with Crippen LogP contribution in [0.4, 0.5) is 5.69 Å². The number of nitrogens with zero attached hydrogens (tertiary/aromatic N) is 1. The molecule has 0 saturated heterocycles. The summed E-state index contributed by atoms with van der Waals surface area (Å²) >= 11 is 5.87. The van der Waals surface area contributed by atoms with Crippen LogP contribution in [0.15, 0.2) is 24.2 Å². The highest BCUT2D eigenvalue weighted by molar-refractivity contribution is 6.31. The van der Waals surface area contributed by atoms with E-state index in [-0.39, 0.29) is 45.4 Å². The molecule has 0 spiro atoms. The molecule has 0 saturated carbocycles. The number of nitrogens with two attached hydrogens (primary N) is 1. The van der Waals surface area contributed by atoms with Crippen LogP contribution in [0.25, 0.3) is 10.9 Å². The molecule has 2 aromatic rings. The third-order valence-electron chi connectivity index (χ3n) is 2.15. The van der Waals surface area contributed by atoms with Gasteiger partial charge in [-0.1, -0.05) is 32.3 Å². The zero-order chi connectivity index (χ0) is 17.0. The summed E-state index contributed by atoms with van der Waals surface area (Å²) in [7, 11) is 0. The van der Waals surface area contributed by atoms with Crippen LogP contribution in [0.1, 0.15) is 34.6 Å². The standard InChI is InChI=1S/C13H15ClN2/c1-13(2,3)12-10(15)7-8-6-9(14)4-5-11(8)16-12/h4-7H,15H2,1-3H3/i1D3,5D,6D,7D. The van der Waals surface area contributed by atoms with Gasteiger partial charge in [0.25, 0.3) is 0 Å². The van der Waals surface area contributed by atoms with Gasteiger partial charge in [-0.15, -0.1) is 0 Å². The molecule has 16 heavy (non-hydrogen) atoms. The molecule has 1 aromatic carbocycles. The lowest BCUT2D eigenvalue weighted by Gasteiger charge is -2.20. The van der Waals surface area contributed by atoms with Crippen LogP contribution in [0, 0.1) is 0 Å². The van der Waals surface area contributed by atoms with Crippen molar-refractivity contribution in [3.05, 3.63) is 34.9 Å². The number of benzene rings is 1. The molecule has 84 valence electrons. The Hall–Kier alpha value is -1.28. The van der Waals surface area contributed by atoms with Crippen LogP contribution in [-0.4, -0.2) is 4.98 Å². The first-order valence-corrected chi connectivity index (χ1v) is 5.13. The van der Waals surface area contributed by atoms with Crippen molar-refractivity contribution in [2.24, 2.45) is 0 Å². The summed E-state index contributed by atoms with van der Waals surface area (Å²) in [6, 6.07) is 0.807.